The lowest BCUT2D eigenvalue weighted by molar-refractivity contribution is 0.412. The van der Waals surface area contributed by atoms with E-state index in [-0.39, 0.29) is 11.7 Å². The molecule has 1 N–H and O–H groups in total. The summed E-state index contributed by atoms with van der Waals surface area (Å²) in [5.41, 5.74) is 1.19. The molecule has 1 atom stereocenters. The Morgan fingerprint density at radius 3 is 2.52 bits per heavy atom. The van der Waals surface area contributed by atoms with E-state index >= 15 is 0 Å². The zero-order valence-corrected chi connectivity index (χ0v) is 13.6. The molecule has 2 nitrogen and oxygen atoms in total. The van der Waals surface area contributed by atoms with Crippen molar-refractivity contribution >= 4 is 21.6 Å². The Labute approximate surface area is 131 Å². The Morgan fingerprint density at radius 1 is 1.19 bits per heavy atom. The maximum atomic E-state index is 14.0. The number of ether oxygens (including phenoxy) is 1. The monoisotopic (exact) mass is 355 g/mol. The normalized spacial score (nSPS) is 12.1. The first-order chi connectivity index (χ1) is 9.93. The molecule has 0 radical (unpaired) electrons. The van der Waals surface area contributed by atoms with Gasteiger partial charge in [-0.05, 0) is 59.1 Å². The van der Waals surface area contributed by atoms with E-state index in [1.165, 1.54) is 12.1 Å². The van der Waals surface area contributed by atoms with Crippen LogP contribution in [0.15, 0.2) is 34.8 Å². The van der Waals surface area contributed by atoms with E-state index in [4.69, 9.17) is 4.74 Å². The largest absolute Gasteiger partial charge is 0.496 e. The second-order valence-electron chi connectivity index (χ2n) is 4.81. The van der Waals surface area contributed by atoms with Crippen molar-refractivity contribution in [2.45, 2.75) is 19.9 Å². The van der Waals surface area contributed by atoms with Crippen LogP contribution in [0.25, 0.3) is 0 Å². The summed E-state index contributed by atoms with van der Waals surface area (Å²) in [6.07, 6.45) is 0. The van der Waals surface area contributed by atoms with E-state index in [2.05, 4.69) is 21.2 Å². The van der Waals surface area contributed by atoms with Crippen molar-refractivity contribution in [3.05, 3.63) is 57.6 Å². The van der Waals surface area contributed by atoms with Crippen LogP contribution < -0.4 is 10.1 Å². The Hall–Kier alpha value is -1.62. The molecule has 0 saturated heterocycles. The van der Waals surface area contributed by atoms with Crippen molar-refractivity contribution in [1.29, 1.82) is 0 Å². The van der Waals surface area contributed by atoms with Gasteiger partial charge >= 0.3 is 0 Å². The van der Waals surface area contributed by atoms with Crippen LogP contribution in [0.2, 0.25) is 0 Å². The number of halogens is 3. The molecule has 0 aliphatic heterocycles. The predicted molar refractivity (Wildman–Crippen MR) is 83.8 cm³/mol. The van der Waals surface area contributed by atoms with Gasteiger partial charge in [0.2, 0.25) is 0 Å². The summed E-state index contributed by atoms with van der Waals surface area (Å²) in [7, 11) is 1.58. The van der Waals surface area contributed by atoms with Crippen molar-refractivity contribution < 1.29 is 13.5 Å². The number of hydrogen-bond donors (Lipinski definition) is 1. The molecule has 0 spiro atoms. The SMILES string of the molecule is COc1ccc(C(C)Nc2c(F)ccc(C)c2F)cc1Br. The van der Waals surface area contributed by atoms with Crippen molar-refractivity contribution in [2.75, 3.05) is 12.4 Å². The van der Waals surface area contributed by atoms with Crippen LogP contribution in [0.1, 0.15) is 24.1 Å². The van der Waals surface area contributed by atoms with Gasteiger partial charge in [0.15, 0.2) is 5.82 Å². The van der Waals surface area contributed by atoms with E-state index in [1.807, 2.05) is 19.1 Å². The molecule has 5 heteroatoms. The highest BCUT2D eigenvalue weighted by molar-refractivity contribution is 9.10. The van der Waals surface area contributed by atoms with Crippen LogP contribution in [-0.2, 0) is 0 Å². The Morgan fingerprint density at radius 2 is 1.90 bits per heavy atom. The van der Waals surface area contributed by atoms with Gasteiger partial charge in [-0.1, -0.05) is 12.1 Å². The second kappa shape index (κ2) is 6.43. The van der Waals surface area contributed by atoms with Crippen LogP contribution in [0, 0.1) is 18.6 Å². The van der Waals surface area contributed by atoms with Crippen molar-refractivity contribution in [3.63, 3.8) is 0 Å². The summed E-state index contributed by atoms with van der Waals surface area (Å²) in [6, 6.07) is 7.95. The average molecular weight is 356 g/mol. The van der Waals surface area contributed by atoms with Crippen molar-refractivity contribution in [3.8, 4) is 5.75 Å². The molecule has 0 amide bonds. The summed E-state index contributed by atoms with van der Waals surface area (Å²) in [5, 5.41) is 2.89. The summed E-state index contributed by atoms with van der Waals surface area (Å²) in [6.45, 7) is 3.45. The molecule has 0 aliphatic rings. The topological polar surface area (TPSA) is 21.3 Å². The van der Waals surface area contributed by atoms with E-state index in [1.54, 1.807) is 20.1 Å². The third-order valence-electron chi connectivity index (χ3n) is 3.32. The fraction of sp³-hybridized carbons (Fsp3) is 0.250. The minimum atomic E-state index is -0.600. The first kappa shape index (κ1) is 15.8. The maximum absolute atomic E-state index is 14.0. The van der Waals surface area contributed by atoms with Crippen molar-refractivity contribution in [2.24, 2.45) is 0 Å². The van der Waals surface area contributed by atoms with Gasteiger partial charge in [0.05, 0.1) is 11.6 Å². The number of hydrogen-bond acceptors (Lipinski definition) is 2. The molecule has 21 heavy (non-hydrogen) atoms. The van der Waals surface area contributed by atoms with Crippen LogP contribution in [-0.4, -0.2) is 7.11 Å². The van der Waals surface area contributed by atoms with Gasteiger partial charge in [-0.25, -0.2) is 8.78 Å². The summed E-state index contributed by atoms with van der Waals surface area (Å²) in [4.78, 5) is 0. The molecule has 2 rings (SSSR count). The van der Waals surface area contributed by atoms with Gasteiger partial charge in [-0.15, -0.1) is 0 Å². The average Bonchev–Trinajstić information content (AvgIpc) is 2.47. The van der Waals surface area contributed by atoms with Crippen LogP contribution in [0.4, 0.5) is 14.5 Å². The van der Waals surface area contributed by atoms with Crippen LogP contribution >= 0.6 is 15.9 Å². The van der Waals surface area contributed by atoms with Crippen LogP contribution in [0.3, 0.4) is 0 Å². The fourth-order valence-corrected chi connectivity index (χ4v) is 2.60. The van der Waals surface area contributed by atoms with E-state index in [9.17, 15) is 8.78 Å². The molecule has 0 bridgehead atoms. The first-order valence-electron chi connectivity index (χ1n) is 6.48. The summed E-state index contributed by atoms with van der Waals surface area (Å²) < 4.78 is 33.7. The van der Waals surface area contributed by atoms with E-state index in [0.717, 1.165) is 10.0 Å². The van der Waals surface area contributed by atoms with Gasteiger partial charge in [0.25, 0.3) is 0 Å². The summed E-state index contributed by atoms with van der Waals surface area (Å²) >= 11 is 3.40. The quantitative estimate of drug-likeness (QED) is 0.811. The lowest BCUT2D eigenvalue weighted by Crippen LogP contribution is -2.10. The molecule has 0 aliphatic carbocycles. The summed E-state index contributed by atoms with van der Waals surface area (Å²) in [5.74, 6) is -0.453. The van der Waals surface area contributed by atoms with E-state index in [0.29, 0.717) is 11.3 Å². The van der Waals surface area contributed by atoms with E-state index < -0.39 is 11.6 Å². The molecule has 112 valence electrons. The second-order valence-corrected chi connectivity index (χ2v) is 5.67. The fourth-order valence-electron chi connectivity index (χ4n) is 2.04. The smallest absolute Gasteiger partial charge is 0.152 e. The highest BCUT2D eigenvalue weighted by atomic mass is 79.9. The minimum Gasteiger partial charge on any atom is -0.496 e. The molecule has 0 heterocycles. The molecular formula is C16H16BrF2NO. The van der Waals surface area contributed by atoms with Gasteiger partial charge in [-0.2, -0.15) is 0 Å². The Balaban J connectivity index is 2.28. The number of aryl methyl sites for hydroxylation is 1. The number of methoxy groups -OCH3 is 1. The Bertz CT molecular complexity index is 661. The maximum Gasteiger partial charge on any atom is 0.152 e. The molecular weight excluding hydrogens is 340 g/mol. The molecule has 0 saturated carbocycles. The number of rotatable bonds is 4. The lowest BCUT2D eigenvalue weighted by Gasteiger charge is -2.18. The molecule has 0 aromatic heterocycles. The molecule has 1 unspecified atom stereocenters. The Kier molecular flexibility index (Phi) is 4.83. The number of anilines is 1. The first-order valence-corrected chi connectivity index (χ1v) is 7.28. The number of benzene rings is 2. The van der Waals surface area contributed by atoms with Crippen LogP contribution in [0.5, 0.6) is 5.75 Å². The zero-order valence-electron chi connectivity index (χ0n) is 12.0. The third kappa shape index (κ3) is 3.35. The highest BCUT2D eigenvalue weighted by Crippen LogP contribution is 2.31. The van der Waals surface area contributed by atoms with Gasteiger partial charge < -0.3 is 10.1 Å². The predicted octanol–water partition coefficient (Wildman–Crippen LogP) is 5.22. The lowest BCUT2D eigenvalue weighted by atomic mass is 10.1. The van der Waals surface area contributed by atoms with Gasteiger partial charge in [-0.3, -0.25) is 0 Å². The minimum absolute atomic E-state index is 0.102. The molecule has 2 aromatic rings. The highest BCUT2D eigenvalue weighted by Gasteiger charge is 2.15. The zero-order chi connectivity index (χ0) is 15.6. The molecule has 0 fully saturated rings. The third-order valence-corrected chi connectivity index (χ3v) is 3.94. The van der Waals surface area contributed by atoms with Gasteiger partial charge in [0.1, 0.15) is 17.3 Å². The van der Waals surface area contributed by atoms with Gasteiger partial charge in [0, 0.05) is 6.04 Å². The van der Waals surface area contributed by atoms with Crippen molar-refractivity contribution in [1.82, 2.24) is 0 Å². The standard InChI is InChI=1S/C16H16BrF2NO/c1-9-4-6-13(18)16(15(9)19)20-10(2)11-5-7-14(21-3)12(17)8-11/h4-8,10,20H,1-3H3. The molecule has 2 aromatic carbocycles. The number of nitrogens with one attached hydrogen (secondary N) is 1.